The van der Waals surface area contributed by atoms with Gasteiger partial charge in [-0.3, -0.25) is 4.79 Å². The van der Waals surface area contributed by atoms with Gasteiger partial charge in [0.2, 0.25) is 0 Å². The first kappa shape index (κ1) is 9.55. The Hall–Kier alpha value is -1.67. The van der Waals surface area contributed by atoms with E-state index >= 15 is 0 Å². The van der Waals surface area contributed by atoms with Crippen LogP contribution in [0.5, 0.6) is 0 Å². The summed E-state index contributed by atoms with van der Waals surface area (Å²) in [5.74, 6) is 0.136. The molecule has 3 aromatic rings. The van der Waals surface area contributed by atoms with Gasteiger partial charge in [0.15, 0.2) is 5.78 Å². The Kier molecular flexibility index (Phi) is 2.04. The number of fused-ring (bicyclic) bond motifs is 3. The van der Waals surface area contributed by atoms with E-state index in [4.69, 9.17) is 0 Å². The summed E-state index contributed by atoms with van der Waals surface area (Å²) < 4.78 is 2.35. The summed E-state index contributed by atoms with van der Waals surface area (Å²) in [6.07, 6.45) is 0. The Morgan fingerprint density at radius 2 is 1.75 bits per heavy atom. The van der Waals surface area contributed by atoms with Gasteiger partial charge in [-0.15, -0.1) is 11.3 Å². The summed E-state index contributed by atoms with van der Waals surface area (Å²) in [5.41, 5.74) is 0.832. The molecule has 2 aromatic carbocycles. The molecule has 1 heterocycles. The molecule has 0 fully saturated rings. The Bertz CT molecular complexity index is 694. The first-order chi connectivity index (χ1) is 7.77. The maximum atomic E-state index is 11.5. The number of rotatable bonds is 1. The molecular weight excluding hydrogens is 216 g/mol. The van der Waals surface area contributed by atoms with Crippen molar-refractivity contribution in [3.63, 3.8) is 0 Å². The van der Waals surface area contributed by atoms with E-state index in [-0.39, 0.29) is 5.78 Å². The fraction of sp³-hybridized carbons (Fsp3) is 0.0714. The highest BCUT2D eigenvalue weighted by Crippen LogP contribution is 2.35. The van der Waals surface area contributed by atoms with Crippen molar-refractivity contribution >= 4 is 37.3 Å². The zero-order valence-corrected chi connectivity index (χ0v) is 9.67. The Balaban J connectivity index is 2.54. The second-order valence-corrected chi connectivity index (χ2v) is 4.89. The first-order valence-corrected chi connectivity index (χ1v) is 6.00. The van der Waals surface area contributed by atoms with Crippen molar-refractivity contribution in [2.45, 2.75) is 6.92 Å². The highest BCUT2D eigenvalue weighted by Gasteiger charge is 2.10. The lowest BCUT2D eigenvalue weighted by Gasteiger charge is -1.96. The monoisotopic (exact) mass is 226 g/mol. The van der Waals surface area contributed by atoms with E-state index in [1.807, 2.05) is 24.3 Å². The summed E-state index contributed by atoms with van der Waals surface area (Å²) in [4.78, 5) is 11.5. The van der Waals surface area contributed by atoms with Gasteiger partial charge in [-0.25, -0.2) is 0 Å². The van der Waals surface area contributed by atoms with Crippen LogP contribution in [0.15, 0.2) is 42.5 Å². The van der Waals surface area contributed by atoms with Crippen LogP contribution in [0.4, 0.5) is 0 Å². The van der Waals surface area contributed by atoms with E-state index in [9.17, 15) is 4.79 Å². The van der Waals surface area contributed by atoms with Crippen LogP contribution in [0.3, 0.4) is 0 Å². The van der Waals surface area contributed by atoms with Crippen molar-refractivity contribution in [2.75, 3.05) is 0 Å². The van der Waals surface area contributed by atoms with Gasteiger partial charge in [-0.2, -0.15) is 0 Å². The lowest BCUT2D eigenvalue weighted by molar-refractivity contribution is 0.101. The molecule has 3 rings (SSSR count). The zero-order chi connectivity index (χ0) is 11.1. The molecule has 0 saturated heterocycles. The number of thiophene rings is 1. The third-order valence-corrected chi connectivity index (χ3v) is 4.00. The van der Waals surface area contributed by atoms with Crippen LogP contribution in [0, 0.1) is 0 Å². The molecule has 2 heteroatoms. The smallest absolute Gasteiger partial charge is 0.161 e. The first-order valence-electron chi connectivity index (χ1n) is 5.18. The lowest BCUT2D eigenvalue weighted by atomic mass is 10.1. The lowest BCUT2D eigenvalue weighted by Crippen LogP contribution is -1.90. The minimum absolute atomic E-state index is 0.136. The fourth-order valence-corrected chi connectivity index (χ4v) is 3.29. The predicted octanol–water partition coefficient (Wildman–Crippen LogP) is 4.26. The molecule has 0 atom stereocenters. The number of hydrogen-bond acceptors (Lipinski definition) is 2. The van der Waals surface area contributed by atoms with Crippen LogP contribution >= 0.6 is 11.3 Å². The molecular formula is C14H10OS. The minimum atomic E-state index is 0.136. The molecule has 0 aliphatic heterocycles. The van der Waals surface area contributed by atoms with Crippen molar-refractivity contribution in [1.82, 2.24) is 0 Å². The summed E-state index contributed by atoms with van der Waals surface area (Å²) in [5, 5.41) is 2.43. The van der Waals surface area contributed by atoms with Gasteiger partial charge in [0.25, 0.3) is 0 Å². The van der Waals surface area contributed by atoms with Crippen molar-refractivity contribution in [3.05, 3.63) is 48.0 Å². The van der Waals surface area contributed by atoms with E-state index in [1.54, 1.807) is 18.3 Å². The average Bonchev–Trinajstić information content (AvgIpc) is 2.67. The molecule has 1 aromatic heterocycles. The quantitative estimate of drug-likeness (QED) is 0.567. The number of hydrogen-bond donors (Lipinski definition) is 0. The third kappa shape index (κ3) is 1.27. The Labute approximate surface area is 97.3 Å². The molecule has 0 amide bonds. The standard InChI is InChI=1S/C14H10OS/c1-9(15)10-6-4-7-12-11-5-2-3-8-13(11)16-14(10)12/h2-8H,1H3. The van der Waals surface area contributed by atoms with E-state index in [2.05, 4.69) is 18.2 Å². The van der Waals surface area contributed by atoms with Crippen LogP contribution < -0.4 is 0 Å². The number of Topliss-reactive ketones (excluding diaryl/α,β-unsaturated/α-hetero) is 1. The molecule has 0 N–H and O–H groups in total. The van der Waals surface area contributed by atoms with Crippen molar-refractivity contribution in [3.8, 4) is 0 Å². The molecule has 0 unspecified atom stereocenters. The van der Waals surface area contributed by atoms with Crippen LogP contribution in [0.1, 0.15) is 17.3 Å². The topological polar surface area (TPSA) is 17.1 Å². The van der Waals surface area contributed by atoms with Crippen LogP contribution in [0.25, 0.3) is 20.2 Å². The highest BCUT2D eigenvalue weighted by atomic mass is 32.1. The molecule has 0 aliphatic rings. The minimum Gasteiger partial charge on any atom is -0.294 e. The molecule has 0 aliphatic carbocycles. The van der Waals surface area contributed by atoms with E-state index < -0.39 is 0 Å². The summed E-state index contributed by atoms with van der Waals surface area (Å²) >= 11 is 1.70. The number of carbonyl (C=O) groups is 1. The average molecular weight is 226 g/mol. The summed E-state index contributed by atoms with van der Waals surface area (Å²) in [6, 6.07) is 14.2. The van der Waals surface area contributed by atoms with Crippen LogP contribution in [0.2, 0.25) is 0 Å². The van der Waals surface area contributed by atoms with E-state index in [1.165, 1.54) is 15.5 Å². The third-order valence-electron chi connectivity index (χ3n) is 2.78. The SMILES string of the molecule is CC(=O)c1cccc2c1sc1ccccc12. The molecule has 0 radical (unpaired) electrons. The van der Waals surface area contributed by atoms with Gasteiger partial charge in [0.05, 0.1) is 0 Å². The molecule has 78 valence electrons. The van der Waals surface area contributed by atoms with Gasteiger partial charge >= 0.3 is 0 Å². The molecule has 0 spiro atoms. The molecule has 0 bridgehead atoms. The van der Waals surface area contributed by atoms with Crippen molar-refractivity contribution in [1.29, 1.82) is 0 Å². The van der Waals surface area contributed by atoms with Crippen molar-refractivity contribution in [2.24, 2.45) is 0 Å². The Morgan fingerprint density at radius 3 is 2.56 bits per heavy atom. The largest absolute Gasteiger partial charge is 0.294 e. The maximum Gasteiger partial charge on any atom is 0.161 e. The van der Waals surface area contributed by atoms with Gasteiger partial charge in [-0.1, -0.05) is 30.3 Å². The molecule has 0 saturated carbocycles. The second-order valence-electron chi connectivity index (χ2n) is 3.84. The number of ketones is 1. The van der Waals surface area contributed by atoms with E-state index in [0.29, 0.717) is 0 Å². The second kappa shape index (κ2) is 3.42. The van der Waals surface area contributed by atoms with E-state index in [0.717, 1.165) is 10.3 Å². The normalized spacial score (nSPS) is 11.1. The summed E-state index contributed by atoms with van der Waals surface area (Å²) in [7, 11) is 0. The van der Waals surface area contributed by atoms with Gasteiger partial charge in [0, 0.05) is 25.7 Å². The number of carbonyl (C=O) groups excluding carboxylic acids is 1. The van der Waals surface area contributed by atoms with Gasteiger partial charge in [-0.05, 0) is 19.1 Å². The van der Waals surface area contributed by atoms with Gasteiger partial charge in [0.1, 0.15) is 0 Å². The molecule has 16 heavy (non-hydrogen) atoms. The van der Waals surface area contributed by atoms with Crippen molar-refractivity contribution < 1.29 is 4.79 Å². The van der Waals surface area contributed by atoms with Gasteiger partial charge < -0.3 is 0 Å². The number of benzene rings is 2. The Morgan fingerprint density at radius 1 is 1.00 bits per heavy atom. The zero-order valence-electron chi connectivity index (χ0n) is 8.86. The highest BCUT2D eigenvalue weighted by molar-refractivity contribution is 7.26. The molecule has 1 nitrogen and oxygen atoms in total. The van der Waals surface area contributed by atoms with Crippen LogP contribution in [-0.4, -0.2) is 5.78 Å². The predicted molar refractivity (Wildman–Crippen MR) is 69.3 cm³/mol. The summed E-state index contributed by atoms with van der Waals surface area (Å²) in [6.45, 7) is 1.62. The van der Waals surface area contributed by atoms with Crippen LogP contribution in [-0.2, 0) is 0 Å². The fourth-order valence-electron chi connectivity index (χ4n) is 2.02. The maximum absolute atomic E-state index is 11.5.